The van der Waals surface area contributed by atoms with Crippen molar-refractivity contribution < 1.29 is 19.0 Å². The molecule has 0 spiro atoms. The molecular formula is C19H23NO4. The smallest absolute Gasteiger partial charge is 0.224 e. The van der Waals surface area contributed by atoms with E-state index in [1.807, 2.05) is 31.2 Å². The molecule has 5 nitrogen and oxygen atoms in total. The van der Waals surface area contributed by atoms with Crippen LogP contribution in [0, 0.1) is 0 Å². The molecule has 128 valence electrons. The molecule has 0 aliphatic carbocycles. The van der Waals surface area contributed by atoms with Crippen molar-refractivity contribution >= 4 is 11.6 Å². The molecule has 24 heavy (non-hydrogen) atoms. The van der Waals surface area contributed by atoms with Gasteiger partial charge in [0.15, 0.2) is 0 Å². The lowest BCUT2D eigenvalue weighted by Gasteiger charge is -2.11. The van der Waals surface area contributed by atoms with E-state index >= 15 is 0 Å². The van der Waals surface area contributed by atoms with Crippen LogP contribution in [0.15, 0.2) is 42.5 Å². The summed E-state index contributed by atoms with van der Waals surface area (Å²) < 4.78 is 16.0. The number of carbonyl (C=O) groups excluding carboxylic acids is 1. The maximum absolute atomic E-state index is 12.2. The van der Waals surface area contributed by atoms with Gasteiger partial charge in [-0.25, -0.2) is 0 Å². The predicted molar refractivity (Wildman–Crippen MR) is 94.1 cm³/mol. The van der Waals surface area contributed by atoms with Crippen molar-refractivity contribution in [2.75, 3.05) is 26.1 Å². The van der Waals surface area contributed by atoms with Crippen LogP contribution in [0.3, 0.4) is 0 Å². The molecule has 0 unspecified atom stereocenters. The lowest BCUT2D eigenvalue weighted by atomic mass is 10.1. The first-order chi connectivity index (χ1) is 11.7. The number of para-hydroxylation sites is 1. The summed E-state index contributed by atoms with van der Waals surface area (Å²) in [6, 6.07) is 13.0. The Morgan fingerprint density at radius 1 is 1.04 bits per heavy atom. The van der Waals surface area contributed by atoms with Gasteiger partial charge < -0.3 is 19.5 Å². The monoisotopic (exact) mass is 329 g/mol. The minimum Gasteiger partial charge on any atom is -0.497 e. The Morgan fingerprint density at radius 3 is 2.33 bits per heavy atom. The molecule has 1 N–H and O–H groups in total. The van der Waals surface area contributed by atoms with E-state index in [9.17, 15) is 4.79 Å². The van der Waals surface area contributed by atoms with Gasteiger partial charge in [-0.1, -0.05) is 18.2 Å². The van der Waals surface area contributed by atoms with Crippen molar-refractivity contribution in [3.8, 4) is 17.2 Å². The second-order valence-electron chi connectivity index (χ2n) is 5.19. The normalized spacial score (nSPS) is 10.1. The molecule has 2 aromatic rings. The summed E-state index contributed by atoms with van der Waals surface area (Å²) in [5.74, 6) is 2.02. The maximum Gasteiger partial charge on any atom is 0.224 e. The lowest BCUT2D eigenvalue weighted by Crippen LogP contribution is -2.13. The van der Waals surface area contributed by atoms with Crippen molar-refractivity contribution in [3.63, 3.8) is 0 Å². The van der Waals surface area contributed by atoms with E-state index in [1.54, 1.807) is 32.4 Å². The van der Waals surface area contributed by atoms with Crippen molar-refractivity contribution in [1.82, 2.24) is 0 Å². The van der Waals surface area contributed by atoms with E-state index in [4.69, 9.17) is 14.2 Å². The maximum atomic E-state index is 12.2. The van der Waals surface area contributed by atoms with E-state index in [0.29, 0.717) is 36.6 Å². The summed E-state index contributed by atoms with van der Waals surface area (Å²) in [4.78, 5) is 12.2. The van der Waals surface area contributed by atoms with Gasteiger partial charge in [0.2, 0.25) is 5.91 Å². The molecule has 0 bridgehead atoms. The van der Waals surface area contributed by atoms with Gasteiger partial charge in [0.25, 0.3) is 0 Å². The molecule has 0 aliphatic heterocycles. The van der Waals surface area contributed by atoms with Gasteiger partial charge in [-0.3, -0.25) is 4.79 Å². The average molecular weight is 329 g/mol. The molecule has 0 aromatic heterocycles. The lowest BCUT2D eigenvalue weighted by molar-refractivity contribution is -0.116. The van der Waals surface area contributed by atoms with E-state index in [1.165, 1.54) is 0 Å². The molecule has 0 saturated heterocycles. The third kappa shape index (κ3) is 4.91. The molecule has 2 rings (SSSR count). The van der Waals surface area contributed by atoms with E-state index in [2.05, 4.69) is 5.32 Å². The van der Waals surface area contributed by atoms with Gasteiger partial charge in [0.05, 0.1) is 20.8 Å². The summed E-state index contributed by atoms with van der Waals surface area (Å²) in [5, 5.41) is 2.87. The first-order valence-electron chi connectivity index (χ1n) is 7.90. The Morgan fingerprint density at radius 2 is 1.71 bits per heavy atom. The number of aryl methyl sites for hydroxylation is 1. The zero-order valence-electron chi connectivity index (χ0n) is 14.3. The minimum absolute atomic E-state index is 0.0726. The van der Waals surface area contributed by atoms with Crippen LogP contribution in [0.1, 0.15) is 18.9 Å². The second-order valence-corrected chi connectivity index (χ2v) is 5.19. The number of hydrogen-bond acceptors (Lipinski definition) is 4. The Balaban J connectivity index is 1.99. The van der Waals surface area contributed by atoms with Crippen LogP contribution in [0.2, 0.25) is 0 Å². The van der Waals surface area contributed by atoms with Crippen LogP contribution in [0.5, 0.6) is 17.2 Å². The summed E-state index contributed by atoms with van der Waals surface area (Å²) in [5.41, 5.74) is 1.67. The van der Waals surface area contributed by atoms with E-state index < -0.39 is 0 Å². The number of nitrogens with one attached hydrogen (secondary N) is 1. The molecule has 1 amide bonds. The molecule has 0 heterocycles. The number of methoxy groups -OCH3 is 2. The number of hydrogen-bond donors (Lipinski definition) is 1. The summed E-state index contributed by atoms with van der Waals surface area (Å²) >= 11 is 0. The van der Waals surface area contributed by atoms with Gasteiger partial charge in [-0.2, -0.15) is 0 Å². The number of rotatable bonds is 8. The van der Waals surface area contributed by atoms with Crippen LogP contribution in [-0.2, 0) is 11.2 Å². The topological polar surface area (TPSA) is 56.8 Å². The van der Waals surface area contributed by atoms with Gasteiger partial charge in [-0.15, -0.1) is 0 Å². The third-order valence-electron chi connectivity index (χ3n) is 3.53. The number of amides is 1. The Labute approximate surface area is 142 Å². The van der Waals surface area contributed by atoms with Crippen LogP contribution in [0.4, 0.5) is 5.69 Å². The quantitative estimate of drug-likeness (QED) is 0.803. The molecule has 0 saturated carbocycles. The fourth-order valence-electron chi connectivity index (χ4n) is 2.36. The van der Waals surface area contributed by atoms with E-state index in [0.717, 1.165) is 11.3 Å². The highest BCUT2D eigenvalue weighted by molar-refractivity contribution is 5.91. The van der Waals surface area contributed by atoms with Gasteiger partial charge >= 0.3 is 0 Å². The SMILES string of the molecule is CCOc1ccccc1CCC(=O)Nc1cc(OC)cc(OC)c1. The molecule has 2 aromatic carbocycles. The first kappa shape index (κ1) is 17.7. The Hall–Kier alpha value is -2.69. The van der Waals surface area contributed by atoms with Crippen molar-refractivity contribution in [2.45, 2.75) is 19.8 Å². The van der Waals surface area contributed by atoms with Gasteiger partial charge in [0, 0.05) is 30.3 Å². The second kappa shape index (κ2) is 8.82. The van der Waals surface area contributed by atoms with Gasteiger partial charge in [-0.05, 0) is 25.0 Å². The summed E-state index contributed by atoms with van der Waals surface area (Å²) in [6.45, 7) is 2.55. The highest BCUT2D eigenvalue weighted by Crippen LogP contribution is 2.26. The molecular weight excluding hydrogens is 306 g/mol. The number of carbonyl (C=O) groups is 1. The Kier molecular flexibility index (Phi) is 6.49. The summed E-state index contributed by atoms with van der Waals surface area (Å²) in [6.07, 6.45) is 0.979. The van der Waals surface area contributed by atoms with Crippen LogP contribution in [-0.4, -0.2) is 26.7 Å². The minimum atomic E-state index is -0.0726. The average Bonchev–Trinajstić information content (AvgIpc) is 2.60. The fraction of sp³-hybridized carbons (Fsp3) is 0.316. The first-order valence-corrected chi connectivity index (χ1v) is 7.90. The highest BCUT2D eigenvalue weighted by atomic mass is 16.5. The van der Waals surface area contributed by atoms with Crippen LogP contribution >= 0.6 is 0 Å². The van der Waals surface area contributed by atoms with Crippen molar-refractivity contribution in [1.29, 1.82) is 0 Å². The Bertz CT molecular complexity index is 663. The van der Waals surface area contributed by atoms with Crippen molar-refractivity contribution in [3.05, 3.63) is 48.0 Å². The standard InChI is InChI=1S/C19H23NO4/c1-4-24-18-8-6-5-7-14(18)9-10-19(21)20-15-11-16(22-2)13-17(12-15)23-3/h5-8,11-13H,4,9-10H2,1-3H3,(H,20,21). The van der Waals surface area contributed by atoms with Gasteiger partial charge in [0.1, 0.15) is 17.2 Å². The number of anilines is 1. The van der Waals surface area contributed by atoms with Crippen LogP contribution < -0.4 is 19.5 Å². The summed E-state index contributed by atoms with van der Waals surface area (Å²) in [7, 11) is 3.15. The number of benzene rings is 2. The number of ether oxygens (including phenoxy) is 3. The molecule has 0 aliphatic rings. The highest BCUT2D eigenvalue weighted by Gasteiger charge is 2.09. The predicted octanol–water partition coefficient (Wildman–Crippen LogP) is 3.67. The largest absolute Gasteiger partial charge is 0.497 e. The molecule has 0 fully saturated rings. The van der Waals surface area contributed by atoms with Crippen molar-refractivity contribution in [2.24, 2.45) is 0 Å². The third-order valence-corrected chi connectivity index (χ3v) is 3.53. The fourth-order valence-corrected chi connectivity index (χ4v) is 2.36. The molecule has 5 heteroatoms. The zero-order valence-corrected chi connectivity index (χ0v) is 14.3. The van der Waals surface area contributed by atoms with E-state index in [-0.39, 0.29) is 5.91 Å². The molecule has 0 atom stereocenters. The zero-order chi connectivity index (χ0) is 17.4. The molecule has 0 radical (unpaired) electrons. The van der Waals surface area contributed by atoms with Crippen LogP contribution in [0.25, 0.3) is 0 Å².